The van der Waals surface area contributed by atoms with Crippen molar-refractivity contribution in [3.8, 4) is 6.01 Å². The van der Waals surface area contributed by atoms with Crippen LogP contribution >= 0.6 is 0 Å². The van der Waals surface area contributed by atoms with E-state index in [2.05, 4.69) is 36.0 Å². The van der Waals surface area contributed by atoms with E-state index < -0.39 is 0 Å². The van der Waals surface area contributed by atoms with Crippen molar-refractivity contribution in [1.29, 1.82) is 0 Å². The molecule has 1 rings (SSSR count). The van der Waals surface area contributed by atoms with Crippen LogP contribution in [0.4, 0.5) is 0 Å². The maximum atomic E-state index is 6.17. The Balaban J connectivity index is 2.74. The zero-order chi connectivity index (χ0) is 13.6. The quantitative estimate of drug-likeness (QED) is 0.802. The lowest BCUT2D eigenvalue weighted by molar-refractivity contribution is 0.191. The summed E-state index contributed by atoms with van der Waals surface area (Å²) in [4.78, 5) is 4.38. The Morgan fingerprint density at radius 3 is 2.11 bits per heavy atom. The molecule has 0 spiro atoms. The summed E-state index contributed by atoms with van der Waals surface area (Å²) in [5.74, 6) is 0. The third-order valence-corrected chi connectivity index (χ3v) is 3.39. The minimum Gasteiger partial charge on any atom is -0.460 e. The van der Waals surface area contributed by atoms with Crippen molar-refractivity contribution in [2.75, 3.05) is 6.61 Å². The van der Waals surface area contributed by atoms with E-state index in [4.69, 9.17) is 10.5 Å². The SMILES string of the molecule is CCc1nnc(OCC(N)(CC)CC)nc1CC. The van der Waals surface area contributed by atoms with Crippen LogP contribution in [0, 0.1) is 0 Å². The van der Waals surface area contributed by atoms with E-state index in [1.165, 1.54) is 0 Å². The Bertz CT molecular complexity index is 377. The van der Waals surface area contributed by atoms with E-state index in [1.54, 1.807) is 0 Å². The highest BCUT2D eigenvalue weighted by molar-refractivity contribution is 5.11. The third kappa shape index (κ3) is 3.63. The Hall–Kier alpha value is -1.23. The molecular weight excluding hydrogens is 228 g/mol. The first-order chi connectivity index (χ1) is 8.58. The van der Waals surface area contributed by atoms with Gasteiger partial charge in [0.2, 0.25) is 0 Å². The van der Waals surface area contributed by atoms with Gasteiger partial charge >= 0.3 is 6.01 Å². The molecule has 102 valence electrons. The highest BCUT2D eigenvalue weighted by Crippen LogP contribution is 2.14. The normalized spacial score (nSPS) is 11.6. The van der Waals surface area contributed by atoms with Crippen molar-refractivity contribution in [2.45, 2.75) is 58.9 Å². The van der Waals surface area contributed by atoms with Crippen molar-refractivity contribution < 1.29 is 4.74 Å². The lowest BCUT2D eigenvalue weighted by Gasteiger charge is -2.25. The second-order valence-corrected chi connectivity index (χ2v) is 4.55. The van der Waals surface area contributed by atoms with E-state index in [-0.39, 0.29) is 5.54 Å². The summed E-state index contributed by atoms with van der Waals surface area (Å²) in [6.45, 7) is 8.65. The number of rotatable bonds is 7. The van der Waals surface area contributed by atoms with E-state index in [0.717, 1.165) is 37.1 Å². The van der Waals surface area contributed by atoms with Gasteiger partial charge in [0.05, 0.1) is 11.4 Å². The first kappa shape index (κ1) is 14.8. The van der Waals surface area contributed by atoms with Crippen molar-refractivity contribution in [3.05, 3.63) is 11.4 Å². The standard InChI is InChI=1S/C13H24N4O/c1-5-10-11(6-2)16-17-12(15-10)18-9-13(14,7-3)8-4/h5-9,14H2,1-4H3. The van der Waals surface area contributed by atoms with Gasteiger partial charge in [0.1, 0.15) is 6.61 Å². The molecule has 0 aliphatic heterocycles. The Kier molecular flexibility index (Phi) is 5.47. The van der Waals surface area contributed by atoms with Gasteiger partial charge in [-0.2, -0.15) is 4.98 Å². The van der Waals surface area contributed by atoms with E-state index >= 15 is 0 Å². The third-order valence-electron chi connectivity index (χ3n) is 3.39. The molecule has 0 atom stereocenters. The molecule has 2 N–H and O–H groups in total. The van der Waals surface area contributed by atoms with Gasteiger partial charge < -0.3 is 10.5 Å². The molecule has 0 saturated carbocycles. The highest BCUT2D eigenvalue weighted by atomic mass is 16.5. The van der Waals surface area contributed by atoms with Crippen molar-refractivity contribution in [3.63, 3.8) is 0 Å². The second kappa shape index (κ2) is 6.64. The monoisotopic (exact) mass is 252 g/mol. The summed E-state index contributed by atoms with van der Waals surface area (Å²) < 4.78 is 5.59. The van der Waals surface area contributed by atoms with Gasteiger partial charge in [-0.3, -0.25) is 0 Å². The highest BCUT2D eigenvalue weighted by Gasteiger charge is 2.22. The molecular formula is C13H24N4O. The van der Waals surface area contributed by atoms with Crippen LogP contribution in [-0.4, -0.2) is 27.3 Å². The minimum absolute atomic E-state index is 0.306. The largest absolute Gasteiger partial charge is 0.460 e. The van der Waals surface area contributed by atoms with Gasteiger partial charge in [-0.15, -0.1) is 5.10 Å². The molecule has 1 heterocycles. The van der Waals surface area contributed by atoms with Crippen LogP contribution in [0.15, 0.2) is 0 Å². The van der Waals surface area contributed by atoms with Crippen LogP contribution in [-0.2, 0) is 12.8 Å². The molecule has 0 fully saturated rings. The number of nitrogens with zero attached hydrogens (tertiary/aromatic N) is 3. The first-order valence-electron chi connectivity index (χ1n) is 6.72. The van der Waals surface area contributed by atoms with Gasteiger partial charge in [-0.25, -0.2) is 0 Å². The van der Waals surface area contributed by atoms with Crippen molar-refractivity contribution in [2.24, 2.45) is 5.73 Å². The maximum absolute atomic E-state index is 6.17. The van der Waals surface area contributed by atoms with Gasteiger partial charge in [0, 0.05) is 5.54 Å². The predicted molar refractivity (Wildman–Crippen MR) is 71.6 cm³/mol. The fourth-order valence-electron chi connectivity index (χ4n) is 1.64. The van der Waals surface area contributed by atoms with Crippen LogP contribution in [0.3, 0.4) is 0 Å². The zero-order valence-electron chi connectivity index (χ0n) is 11.9. The summed E-state index contributed by atoms with van der Waals surface area (Å²) in [5, 5.41) is 8.13. The Morgan fingerprint density at radius 2 is 1.61 bits per heavy atom. The van der Waals surface area contributed by atoms with Gasteiger partial charge in [-0.1, -0.05) is 32.8 Å². The number of aryl methyl sites for hydroxylation is 2. The molecule has 0 bridgehead atoms. The van der Waals surface area contributed by atoms with Crippen LogP contribution in [0.5, 0.6) is 6.01 Å². The number of aromatic nitrogens is 3. The molecule has 1 aromatic rings. The number of hydrogen-bond acceptors (Lipinski definition) is 5. The molecule has 5 nitrogen and oxygen atoms in total. The van der Waals surface area contributed by atoms with Gasteiger partial charge in [-0.05, 0) is 25.7 Å². The van der Waals surface area contributed by atoms with Crippen LogP contribution in [0.2, 0.25) is 0 Å². The fraction of sp³-hybridized carbons (Fsp3) is 0.769. The van der Waals surface area contributed by atoms with Gasteiger partial charge in [0.25, 0.3) is 0 Å². The molecule has 5 heteroatoms. The maximum Gasteiger partial charge on any atom is 0.335 e. The Labute approximate surface area is 109 Å². The fourth-order valence-corrected chi connectivity index (χ4v) is 1.64. The minimum atomic E-state index is -0.306. The summed E-state index contributed by atoms with van der Waals surface area (Å²) >= 11 is 0. The topological polar surface area (TPSA) is 73.9 Å². The van der Waals surface area contributed by atoms with Crippen molar-refractivity contribution in [1.82, 2.24) is 15.2 Å². The summed E-state index contributed by atoms with van der Waals surface area (Å²) in [6.07, 6.45) is 3.41. The lowest BCUT2D eigenvalue weighted by atomic mass is 9.96. The molecule has 0 unspecified atom stereocenters. The van der Waals surface area contributed by atoms with E-state index in [1.807, 2.05) is 6.92 Å². The number of hydrogen-bond donors (Lipinski definition) is 1. The summed E-state index contributed by atoms with van der Waals surface area (Å²) in [6, 6.07) is 0.334. The molecule has 1 aromatic heterocycles. The van der Waals surface area contributed by atoms with Crippen LogP contribution in [0.1, 0.15) is 51.9 Å². The van der Waals surface area contributed by atoms with Crippen molar-refractivity contribution >= 4 is 0 Å². The first-order valence-corrected chi connectivity index (χ1v) is 6.72. The number of ether oxygens (including phenoxy) is 1. The molecule has 0 radical (unpaired) electrons. The molecule has 0 aliphatic rings. The average molecular weight is 252 g/mol. The molecule has 18 heavy (non-hydrogen) atoms. The number of nitrogens with two attached hydrogens (primary N) is 1. The summed E-state index contributed by atoms with van der Waals surface area (Å²) in [5.41, 5.74) is 7.76. The summed E-state index contributed by atoms with van der Waals surface area (Å²) in [7, 11) is 0. The smallest absolute Gasteiger partial charge is 0.335 e. The predicted octanol–water partition coefficient (Wildman–Crippen LogP) is 1.89. The molecule has 0 aliphatic carbocycles. The van der Waals surface area contributed by atoms with Gasteiger partial charge in [0.15, 0.2) is 0 Å². The molecule has 0 saturated heterocycles. The van der Waals surface area contributed by atoms with E-state index in [9.17, 15) is 0 Å². The lowest BCUT2D eigenvalue weighted by Crippen LogP contribution is -2.44. The molecule has 0 aromatic carbocycles. The average Bonchev–Trinajstić information content (AvgIpc) is 2.44. The second-order valence-electron chi connectivity index (χ2n) is 4.55. The Morgan fingerprint density at radius 1 is 1.00 bits per heavy atom. The molecule has 0 amide bonds. The van der Waals surface area contributed by atoms with Crippen LogP contribution in [0.25, 0.3) is 0 Å². The van der Waals surface area contributed by atoms with E-state index in [0.29, 0.717) is 12.6 Å². The zero-order valence-corrected chi connectivity index (χ0v) is 11.9. The van der Waals surface area contributed by atoms with Crippen LogP contribution < -0.4 is 10.5 Å².